The molecule has 1 aliphatic heterocycles. The number of nitrogens with zero attached hydrogens (tertiary/aromatic N) is 3. The molecule has 8 heteroatoms. The quantitative estimate of drug-likeness (QED) is 0.714. The highest BCUT2D eigenvalue weighted by molar-refractivity contribution is 7.18. The van der Waals surface area contributed by atoms with Gasteiger partial charge in [0.05, 0.1) is 11.7 Å². The van der Waals surface area contributed by atoms with Crippen molar-refractivity contribution in [3.63, 3.8) is 0 Å². The van der Waals surface area contributed by atoms with Crippen LogP contribution in [0.25, 0.3) is 10.2 Å². The molecule has 30 heavy (non-hydrogen) atoms. The molecule has 162 valence electrons. The van der Waals surface area contributed by atoms with Crippen LogP contribution in [0.5, 0.6) is 0 Å². The van der Waals surface area contributed by atoms with Gasteiger partial charge in [-0.15, -0.1) is 11.3 Å². The van der Waals surface area contributed by atoms with E-state index in [9.17, 15) is 14.4 Å². The molecule has 2 amide bonds. The van der Waals surface area contributed by atoms with Crippen molar-refractivity contribution in [1.29, 1.82) is 0 Å². The Balaban J connectivity index is 1.29. The van der Waals surface area contributed by atoms with Crippen LogP contribution < -0.4 is 10.9 Å². The first kappa shape index (κ1) is 21.0. The van der Waals surface area contributed by atoms with Crippen molar-refractivity contribution >= 4 is 33.4 Å². The molecule has 3 heterocycles. The van der Waals surface area contributed by atoms with Crippen LogP contribution in [0.2, 0.25) is 0 Å². The predicted octanol–water partition coefficient (Wildman–Crippen LogP) is 2.49. The lowest BCUT2D eigenvalue weighted by molar-refractivity contribution is -0.133. The molecule has 1 aliphatic carbocycles. The lowest BCUT2D eigenvalue weighted by atomic mass is 9.97. The van der Waals surface area contributed by atoms with Gasteiger partial charge in [0.25, 0.3) is 5.56 Å². The first-order valence-corrected chi connectivity index (χ1v) is 11.9. The van der Waals surface area contributed by atoms with E-state index in [0.29, 0.717) is 30.7 Å². The number of amides is 2. The van der Waals surface area contributed by atoms with Gasteiger partial charge in [0.15, 0.2) is 0 Å². The normalized spacial score (nSPS) is 19.0. The molecule has 0 spiro atoms. The molecule has 0 aromatic carbocycles. The second-order valence-electron chi connectivity index (χ2n) is 8.61. The summed E-state index contributed by atoms with van der Waals surface area (Å²) in [6, 6.07) is 0. The highest BCUT2D eigenvalue weighted by atomic mass is 32.1. The summed E-state index contributed by atoms with van der Waals surface area (Å²) in [5.74, 6) is 0.519. The van der Waals surface area contributed by atoms with E-state index >= 15 is 0 Å². The summed E-state index contributed by atoms with van der Waals surface area (Å²) in [6.07, 6.45) is 9.00. The molecule has 7 nitrogen and oxygen atoms in total. The minimum absolute atomic E-state index is 0.0377. The van der Waals surface area contributed by atoms with Crippen LogP contribution in [0.15, 0.2) is 11.1 Å². The van der Waals surface area contributed by atoms with Crippen molar-refractivity contribution in [2.24, 2.45) is 5.92 Å². The number of aromatic nitrogens is 2. The highest BCUT2D eigenvalue weighted by Crippen LogP contribution is 2.33. The van der Waals surface area contributed by atoms with Crippen LogP contribution in [0.1, 0.15) is 55.9 Å². The van der Waals surface area contributed by atoms with E-state index in [1.807, 2.05) is 4.90 Å². The Labute approximate surface area is 180 Å². The van der Waals surface area contributed by atoms with Gasteiger partial charge in [-0.2, -0.15) is 0 Å². The van der Waals surface area contributed by atoms with Crippen molar-refractivity contribution in [2.45, 2.75) is 64.8 Å². The molecule has 1 saturated heterocycles. The van der Waals surface area contributed by atoms with E-state index in [2.05, 4.69) is 17.2 Å². The Morgan fingerprint density at radius 3 is 2.93 bits per heavy atom. The van der Waals surface area contributed by atoms with Crippen molar-refractivity contribution in [3.8, 4) is 0 Å². The fourth-order valence-electron chi connectivity index (χ4n) is 4.55. The van der Waals surface area contributed by atoms with Crippen molar-refractivity contribution in [1.82, 2.24) is 19.8 Å². The van der Waals surface area contributed by atoms with Gasteiger partial charge in [0, 0.05) is 30.9 Å². The lowest BCUT2D eigenvalue weighted by Crippen LogP contribution is -2.39. The first-order chi connectivity index (χ1) is 14.5. The zero-order chi connectivity index (χ0) is 21.1. The molecule has 0 bridgehead atoms. The number of thiophene rings is 1. The zero-order valence-electron chi connectivity index (χ0n) is 17.6. The summed E-state index contributed by atoms with van der Waals surface area (Å²) in [5.41, 5.74) is 1.02. The standard InChI is InChI=1S/C22H30N4O3S/c1-15-6-5-11-25(12-15)19(28)9-4-10-23-18(27)13-26-14-24-21-20(22(26)29)16-7-2-3-8-17(16)30-21/h14-15H,2-13H2,1H3,(H,23,27). The molecule has 0 saturated carbocycles. The van der Waals surface area contributed by atoms with Gasteiger partial charge in [0.1, 0.15) is 11.4 Å². The number of piperidine rings is 1. The average Bonchev–Trinajstić information content (AvgIpc) is 3.12. The number of likely N-dealkylation sites (tertiary alicyclic amines) is 1. The Morgan fingerprint density at radius 1 is 1.27 bits per heavy atom. The second kappa shape index (κ2) is 9.29. The van der Waals surface area contributed by atoms with Gasteiger partial charge in [-0.3, -0.25) is 19.0 Å². The Hall–Kier alpha value is -2.22. The van der Waals surface area contributed by atoms with Crippen LogP contribution in [-0.4, -0.2) is 45.9 Å². The number of nitrogens with one attached hydrogen (secondary N) is 1. The highest BCUT2D eigenvalue weighted by Gasteiger charge is 2.21. The predicted molar refractivity (Wildman–Crippen MR) is 118 cm³/mol. The van der Waals surface area contributed by atoms with Crippen LogP contribution in [0, 0.1) is 5.92 Å². The van der Waals surface area contributed by atoms with Crippen LogP contribution in [0.4, 0.5) is 0 Å². The Kier molecular flexibility index (Phi) is 6.51. The van der Waals surface area contributed by atoms with Crippen molar-refractivity contribution in [3.05, 3.63) is 27.1 Å². The molecule has 0 radical (unpaired) electrons. The number of rotatable bonds is 6. The topological polar surface area (TPSA) is 84.3 Å². The number of fused-ring (bicyclic) bond motifs is 3. The van der Waals surface area contributed by atoms with Crippen LogP contribution in [0.3, 0.4) is 0 Å². The molecular formula is C22H30N4O3S. The van der Waals surface area contributed by atoms with E-state index in [1.165, 1.54) is 22.2 Å². The van der Waals surface area contributed by atoms with Crippen LogP contribution in [-0.2, 0) is 29.0 Å². The number of carbonyl (C=O) groups excluding carboxylic acids is 2. The van der Waals surface area contributed by atoms with Crippen LogP contribution >= 0.6 is 11.3 Å². The summed E-state index contributed by atoms with van der Waals surface area (Å²) >= 11 is 1.61. The van der Waals surface area contributed by atoms with E-state index in [4.69, 9.17) is 0 Å². The molecule has 4 rings (SSSR count). The molecule has 1 N–H and O–H groups in total. The first-order valence-electron chi connectivity index (χ1n) is 11.1. The maximum absolute atomic E-state index is 12.9. The summed E-state index contributed by atoms with van der Waals surface area (Å²) in [7, 11) is 0. The SMILES string of the molecule is CC1CCCN(C(=O)CCCNC(=O)Cn2cnc3sc4c(c3c2=O)CCCC4)C1. The second-order valence-corrected chi connectivity index (χ2v) is 9.69. The van der Waals surface area contributed by atoms with Gasteiger partial charge in [-0.25, -0.2) is 4.98 Å². The Bertz CT molecular complexity index is 996. The van der Waals surface area contributed by atoms with Gasteiger partial charge in [-0.05, 0) is 56.4 Å². The van der Waals surface area contributed by atoms with E-state index in [-0.39, 0.29) is 23.9 Å². The van der Waals surface area contributed by atoms with E-state index < -0.39 is 0 Å². The summed E-state index contributed by atoms with van der Waals surface area (Å²) in [4.78, 5) is 46.0. The maximum Gasteiger partial charge on any atom is 0.262 e. The maximum atomic E-state index is 12.9. The molecule has 2 aliphatic rings. The summed E-state index contributed by atoms with van der Waals surface area (Å²) in [6.45, 7) is 4.27. The molecule has 2 aromatic heterocycles. The third kappa shape index (κ3) is 4.58. The number of aryl methyl sites for hydroxylation is 2. The third-order valence-electron chi connectivity index (χ3n) is 6.16. The molecule has 2 aromatic rings. The number of hydrogen-bond acceptors (Lipinski definition) is 5. The minimum Gasteiger partial charge on any atom is -0.355 e. The van der Waals surface area contributed by atoms with Gasteiger partial charge in [-0.1, -0.05) is 6.92 Å². The van der Waals surface area contributed by atoms with Gasteiger partial charge >= 0.3 is 0 Å². The van der Waals surface area contributed by atoms with Gasteiger partial charge < -0.3 is 10.2 Å². The third-order valence-corrected chi connectivity index (χ3v) is 7.35. The lowest BCUT2D eigenvalue weighted by Gasteiger charge is -2.31. The molecule has 1 unspecified atom stereocenters. The zero-order valence-corrected chi connectivity index (χ0v) is 18.4. The fourth-order valence-corrected chi connectivity index (χ4v) is 5.77. The Morgan fingerprint density at radius 2 is 2.10 bits per heavy atom. The van der Waals surface area contributed by atoms with E-state index in [1.54, 1.807) is 11.3 Å². The molecule has 1 fully saturated rings. The molecular weight excluding hydrogens is 400 g/mol. The van der Waals surface area contributed by atoms with Gasteiger partial charge in [0.2, 0.25) is 11.8 Å². The average molecular weight is 431 g/mol. The van der Waals surface area contributed by atoms with Crippen molar-refractivity contribution in [2.75, 3.05) is 19.6 Å². The summed E-state index contributed by atoms with van der Waals surface area (Å²) < 4.78 is 1.40. The minimum atomic E-state index is -0.221. The molecule has 1 atom stereocenters. The summed E-state index contributed by atoms with van der Waals surface area (Å²) in [5, 5.41) is 3.54. The number of carbonyl (C=O) groups is 2. The van der Waals surface area contributed by atoms with E-state index in [0.717, 1.165) is 55.6 Å². The largest absolute Gasteiger partial charge is 0.355 e. The monoisotopic (exact) mass is 430 g/mol. The van der Waals surface area contributed by atoms with Crippen molar-refractivity contribution < 1.29 is 9.59 Å². The fraction of sp³-hybridized carbons (Fsp3) is 0.636. The number of hydrogen-bond donors (Lipinski definition) is 1. The smallest absolute Gasteiger partial charge is 0.262 e.